The number of halogens is 2. The van der Waals surface area contributed by atoms with E-state index in [1.807, 2.05) is 0 Å². The highest BCUT2D eigenvalue weighted by atomic mass is 35.5. The maximum absolute atomic E-state index is 12.6. The van der Waals surface area contributed by atoms with Gasteiger partial charge in [0.25, 0.3) is 0 Å². The molecule has 0 aromatic heterocycles. The number of likely N-dealkylation sites (tertiary alicyclic amines) is 1. The molecular weight excluding hydrogens is 325 g/mol. The highest BCUT2D eigenvalue weighted by molar-refractivity contribution is 6.36. The van der Waals surface area contributed by atoms with Crippen LogP contribution in [0.1, 0.15) is 24.8 Å². The van der Waals surface area contributed by atoms with Crippen molar-refractivity contribution in [3.63, 3.8) is 0 Å². The zero-order valence-electron chi connectivity index (χ0n) is 12.0. The molecule has 0 bridgehead atoms. The van der Waals surface area contributed by atoms with Crippen molar-refractivity contribution < 1.29 is 14.7 Å². The summed E-state index contributed by atoms with van der Waals surface area (Å²) in [6.07, 6.45) is 2.99. The molecule has 6 heteroatoms. The first-order chi connectivity index (χ1) is 10.5. The van der Waals surface area contributed by atoms with Gasteiger partial charge in [-0.25, -0.2) is 4.79 Å². The predicted octanol–water partition coefficient (Wildman–Crippen LogP) is 3.25. The summed E-state index contributed by atoms with van der Waals surface area (Å²) in [6.45, 7) is 0.530. The molecule has 0 radical (unpaired) electrons. The Morgan fingerprint density at radius 3 is 2.55 bits per heavy atom. The summed E-state index contributed by atoms with van der Waals surface area (Å²) in [6, 6.07) is 4.38. The summed E-state index contributed by atoms with van der Waals surface area (Å²) in [4.78, 5) is 25.7. The minimum atomic E-state index is -0.909. The second-order valence-electron chi connectivity index (χ2n) is 6.06. The average Bonchev–Trinajstić information content (AvgIpc) is 3.02. The number of carboxylic acid groups (broad SMARTS) is 1. The predicted molar refractivity (Wildman–Crippen MR) is 84.1 cm³/mol. The van der Waals surface area contributed by atoms with Crippen molar-refractivity contribution in [1.29, 1.82) is 0 Å². The van der Waals surface area contributed by atoms with Gasteiger partial charge in [0.1, 0.15) is 6.04 Å². The van der Waals surface area contributed by atoms with E-state index < -0.39 is 12.0 Å². The number of benzene rings is 1. The molecule has 1 saturated heterocycles. The van der Waals surface area contributed by atoms with E-state index in [2.05, 4.69) is 0 Å². The van der Waals surface area contributed by atoms with Crippen molar-refractivity contribution in [2.75, 3.05) is 6.54 Å². The Bertz CT molecular complexity index is 599. The molecule has 1 N–H and O–H groups in total. The van der Waals surface area contributed by atoms with Gasteiger partial charge in [-0.3, -0.25) is 4.79 Å². The summed E-state index contributed by atoms with van der Waals surface area (Å²) in [5.41, 5.74) is 0.567. The number of hydrogen-bond acceptors (Lipinski definition) is 2. The maximum Gasteiger partial charge on any atom is 0.326 e. The van der Waals surface area contributed by atoms with Crippen LogP contribution in [0.3, 0.4) is 0 Å². The Morgan fingerprint density at radius 1 is 1.23 bits per heavy atom. The van der Waals surface area contributed by atoms with Gasteiger partial charge in [0.05, 0.1) is 6.42 Å². The molecule has 1 saturated carbocycles. The smallest absolute Gasteiger partial charge is 0.326 e. The Hall–Kier alpha value is -1.26. The average molecular weight is 342 g/mol. The van der Waals surface area contributed by atoms with Crippen LogP contribution >= 0.6 is 23.2 Å². The van der Waals surface area contributed by atoms with E-state index in [0.717, 1.165) is 19.3 Å². The molecule has 22 heavy (non-hydrogen) atoms. The Morgan fingerprint density at radius 2 is 1.91 bits per heavy atom. The molecular formula is C16H17Cl2NO3. The van der Waals surface area contributed by atoms with Gasteiger partial charge >= 0.3 is 5.97 Å². The van der Waals surface area contributed by atoms with Crippen LogP contribution in [-0.4, -0.2) is 34.5 Å². The molecule has 3 atom stereocenters. The third-order valence-electron chi connectivity index (χ3n) is 4.85. The summed E-state index contributed by atoms with van der Waals surface area (Å²) in [5, 5.41) is 10.4. The van der Waals surface area contributed by atoms with Crippen molar-refractivity contribution >= 4 is 35.1 Å². The fourth-order valence-corrected chi connectivity index (χ4v) is 4.36. The number of carbonyl (C=O) groups is 2. The summed E-state index contributed by atoms with van der Waals surface area (Å²) in [5.74, 6) is -0.722. The number of carboxylic acids is 1. The van der Waals surface area contributed by atoms with Crippen LogP contribution < -0.4 is 0 Å². The molecule has 0 spiro atoms. The van der Waals surface area contributed by atoms with Crippen molar-refractivity contribution in [1.82, 2.24) is 4.90 Å². The Balaban J connectivity index is 1.81. The van der Waals surface area contributed by atoms with Gasteiger partial charge < -0.3 is 10.0 Å². The van der Waals surface area contributed by atoms with E-state index in [1.165, 1.54) is 4.90 Å². The van der Waals surface area contributed by atoms with Gasteiger partial charge in [-0.15, -0.1) is 0 Å². The third kappa shape index (κ3) is 2.70. The van der Waals surface area contributed by atoms with Crippen LogP contribution in [-0.2, 0) is 16.0 Å². The van der Waals surface area contributed by atoms with Gasteiger partial charge in [-0.05, 0) is 42.4 Å². The molecule has 1 amide bonds. The second-order valence-corrected chi connectivity index (χ2v) is 6.88. The number of nitrogens with zero attached hydrogens (tertiary/aromatic N) is 1. The normalized spacial score (nSPS) is 27.0. The first-order valence-electron chi connectivity index (χ1n) is 7.44. The monoisotopic (exact) mass is 341 g/mol. The number of hydrogen-bond donors (Lipinski definition) is 1. The number of fused-ring (bicyclic) bond motifs is 1. The molecule has 118 valence electrons. The summed E-state index contributed by atoms with van der Waals surface area (Å²) < 4.78 is 0. The topological polar surface area (TPSA) is 57.6 Å². The van der Waals surface area contributed by atoms with Gasteiger partial charge in [0.15, 0.2) is 0 Å². The molecule has 3 rings (SSSR count). The molecule has 1 heterocycles. The van der Waals surface area contributed by atoms with Gasteiger partial charge in [-0.2, -0.15) is 0 Å². The molecule has 2 aliphatic rings. The number of carbonyl (C=O) groups excluding carboxylic acids is 1. The van der Waals surface area contributed by atoms with Crippen molar-refractivity contribution in [2.45, 2.75) is 31.7 Å². The van der Waals surface area contributed by atoms with Gasteiger partial charge in [0.2, 0.25) is 5.91 Å². The number of amides is 1. The fraction of sp³-hybridized carbons (Fsp3) is 0.500. The molecule has 3 unspecified atom stereocenters. The second kappa shape index (κ2) is 6.09. The molecule has 4 nitrogen and oxygen atoms in total. The minimum absolute atomic E-state index is 0.0434. The zero-order valence-corrected chi connectivity index (χ0v) is 13.5. The van der Waals surface area contributed by atoms with E-state index in [-0.39, 0.29) is 18.2 Å². The molecule has 1 aliphatic heterocycles. The van der Waals surface area contributed by atoms with Crippen LogP contribution in [0.15, 0.2) is 18.2 Å². The van der Waals surface area contributed by atoms with E-state index in [0.29, 0.717) is 28.1 Å². The van der Waals surface area contributed by atoms with E-state index in [9.17, 15) is 14.7 Å². The van der Waals surface area contributed by atoms with Crippen LogP contribution in [0.5, 0.6) is 0 Å². The van der Waals surface area contributed by atoms with E-state index in [4.69, 9.17) is 23.2 Å². The van der Waals surface area contributed by atoms with Crippen LogP contribution in [0, 0.1) is 11.8 Å². The Labute approximate surface area is 139 Å². The first-order valence-corrected chi connectivity index (χ1v) is 8.19. The van der Waals surface area contributed by atoms with E-state index in [1.54, 1.807) is 18.2 Å². The molecule has 1 aromatic rings. The van der Waals surface area contributed by atoms with Crippen LogP contribution in [0.25, 0.3) is 0 Å². The van der Waals surface area contributed by atoms with Gasteiger partial charge in [-0.1, -0.05) is 35.7 Å². The first kappa shape index (κ1) is 15.6. The van der Waals surface area contributed by atoms with Crippen LogP contribution in [0.4, 0.5) is 0 Å². The standard InChI is InChI=1S/C16H17Cl2NO3/c17-12-5-2-6-13(18)11(12)7-14(20)19-8-9-3-1-4-10(9)15(19)16(21)22/h2,5-6,9-10,15H,1,3-4,7-8H2,(H,21,22). The molecule has 2 fully saturated rings. The highest BCUT2D eigenvalue weighted by Crippen LogP contribution is 2.42. The van der Waals surface area contributed by atoms with Crippen molar-refractivity contribution in [3.8, 4) is 0 Å². The third-order valence-corrected chi connectivity index (χ3v) is 5.56. The Kier molecular flexibility index (Phi) is 4.33. The van der Waals surface area contributed by atoms with E-state index >= 15 is 0 Å². The molecule has 1 aliphatic carbocycles. The lowest BCUT2D eigenvalue weighted by atomic mass is 9.94. The SMILES string of the molecule is O=C(O)C1C2CCCC2CN1C(=O)Cc1c(Cl)cccc1Cl. The lowest BCUT2D eigenvalue weighted by Crippen LogP contribution is -2.44. The fourth-order valence-electron chi connectivity index (χ4n) is 3.83. The number of aliphatic carboxylic acids is 1. The lowest BCUT2D eigenvalue weighted by molar-refractivity contribution is -0.149. The van der Waals surface area contributed by atoms with Gasteiger partial charge in [0, 0.05) is 16.6 Å². The summed E-state index contributed by atoms with van der Waals surface area (Å²) in [7, 11) is 0. The highest BCUT2D eigenvalue weighted by Gasteiger charge is 2.49. The van der Waals surface area contributed by atoms with Crippen molar-refractivity contribution in [3.05, 3.63) is 33.8 Å². The minimum Gasteiger partial charge on any atom is -0.480 e. The zero-order chi connectivity index (χ0) is 15.9. The quantitative estimate of drug-likeness (QED) is 0.917. The van der Waals surface area contributed by atoms with Crippen molar-refractivity contribution in [2.24, 2.45) is 11.8 Å². The number of rotatable bonds is 3. The maximum atomic E-state index is 12.6. The lowest BCUT2D eigenvalue weighted by Gasteiger charge is -2.24. The molecule has 1 aromatic carbocycles. The van der Waals surface area contributed by atoms with Crippen LogP contribution in [0.2, 0.25) is 10.0 Å². The largest absolute Gasteiger partial charge is 0.480 e. The summed E-state index contributed by atoms with van der Waals surface area (Å²) >= 11 is 12.2.